The second-order valence-electron chi connectivity index (χ2n) is 7.78. The molecule has 0 spiro atoms. The molecule has 0 aromatic carbocycles. The number of aliphatic hydroxyl groups is 1. The smallest absolute Gasteiger partial charge is 0.308 e. The summed E-state index contributed by atoms with van der Waals surface area (Å²) in [6.07, 6.45) is -6.73. The van der Waals surface area contributed by atoms with E-state index in [1.165, 1.54) is 13.8 Å². The summed E-state index contributed by atoms with van der Waals surface area (Å²) < 4.78 is 111. The standard InChI is InChI=1S/C24H36O5/c1-5-15(3)24(27)29-21-11-14(2)10-17-7-6-16(4)20(23(17)21)9-8-19-12-18(25)13-22(26)28-19/h6-7,10,14-16,18-21,23,25H,5,8-9,11-13H2,1-4H3/t14-,15-,16-,18+,19?,20-,21?,23-/m0/s1/i3D3,6D,7D,10D,11D2,14D,15D,16D,25D. The van der Waals surface area contributed by atoms with Crippen LogP contribution in [0.1, 0.15) is 81.2 Å². The number of cyclic esters (lactones) is 1. The number of ether oxygens (including phenoxy) is 2. The molecule has 1 saturated heterocycles. The molecular weight excluding hydrogens is 368 g/mol. The Morgan fingerprint density at radius 3 is 3.14 bits per heavy atom. The maximum absolute atomic E-state index is 13.3. The summed E-state index contributed by atoms with van der Waals surface area (Å²) in [6, 6.07) is -1.72. The topological polar surface area (TPSA) is 72.8 Å². The van der Waals surface area contributed by atoms with Crippen LogP contribution in [0, 0.1) is 29.5 Å². The van der Waals surface area contributed by atoms with Crippen molar-refractivity contribution in [3.8, 4) is 0 Å². The number of carbonyl (C=O) groups excluding carboxylic acids is 2. The SMILES string of the molecule is [2H]O[C@H]1CC(=O)OC(CC[C@@H]2[C@@H]3C(=C([2H])[C@]([2H])(C)C([2H])([2H])C3OC(=O)[C@]([2H])(CC)C([2H])([2H])[2H])C([2H])=C([2H])[C@]2([2H])C)C1. The first-order valence-electron chi connectivity index (χ1n) is 15.9. The van der Waals surface area contributed by atoms with Crippen molar-refractivity contribution in [1.82, 2.24) is 0 Å². The van der Waals surface area contributed by atoms with Crippen LogP contribution in [0.5, 0.6) is 0 Å². The number of rotatable bonds is 7. The van der Waals surface area contributed by atoms with Crippen LogP contribution in [0.3, 0.4) is 0 Å². The quantitative estimate of drug-likeness (QED) is 0.630. The molecular formula is C24H36O5. The average Bonchev–Trinajstić information content (AvgIpc) is 2.86. The minimum absolute atomic E-state index is 0.0440. The average molecular weight is 417 g/mol. The number of hydrogen-bond donors (Lipinski definition) is 1. The van der Waals surface area contributed by atoms with Crippen molar-refractivity contribution in [1.29, 1.82) is 1.43 Å². The van der Waals surface area contributed by atoms with E-state index in [-0.39, 0.29) is 31.3 Å². The number of allylic oxidation sites excluding steroid dienone is 3. The van der Waals surface area contributed by atoms with Crippen molar-refractivity contribution in [2.75, 3.05) is 0 Å². The van der Waals surface area contributed by atoms with E-state index in [2.05, 4.69) is 5.11 Å². The van der Waals surface area contributed by atoms with Gasteiger partial charge >= 0.3 is 11.9 Å². The first kappa shape index (κ1) is 11.1. The molecule has 0 radical (unpaired) electrons. The van der Waals surface area contributed by atoms with Crippen LogP contribution >= 0.6 is 0 Å². The molecule has 1 fully saturated rings. The molecule has 5 heteroatoms. The first-order valence-corrected chi connectivity index (χ1v) is 10.0. The third-order valence-electron chi connectivity index (χ3n) is 5.58. The van der Waals surface area contributed by atoms with Gasteiger partial charge in [-0.05, 0) is 48.9 Å². The zero-order chi connectivity index (χ0) is 31.5. The summed E-state index contributed by atoms with van der Waals surface area (Å²) in [4.78, 5) is 25.3. The van der Waals surface area contributed by atoms with Crippen LogP contribution in [-0.4, -0.2) is 36.8 Å². The largest absolute Gasteiger partial charge is 0.462 e. The molecule has 0 aromatic rings. The molecule has 3 aliphatic rings. The van der Waals surface area contributed by atoms with Crippen LogP contribution in [0.15, 0.2) is 23.7 Å². The third-order valence-corrected chi connectivity index (χ3v) is 5.58. The summed E-state index contributed by atoms with van der Waals surface area (Å²) in [7, 11) is 0. The number of esters is 2. The van der Waals surface area contributed by atoms with Crippen molar-refractivity contribution >= 4 is 11.9 Å². The van der Waals surface area contributed by atoms with E-state index < -0.39 is 97.6 Å². The lowest BCUT2D eigenvalue weighted by Crippen LogP contribution is -2.42. The monoisotopic (exact) mass is 416 g/mol. The van der Waals surface area contributed by atoms with Crippen LogP contribution < -0.4 is 0 Å². The van der Waals surface area contributed by atoms with E-state index >= 15 is 0 Å². The van der Waals surface area contributed by atoms with Crippen molar-refractivity contribution in [2.45, 2.75) is 84.4 Å². The van der Waals surface area contributed by atoms with Gasteiger partial charge in [0.05, 0.1) is 22.5 Å². The zero-order valence-corrected chi connectivity index (χ0v) is 17.0. The van der Waals surface area contributed by atoms with Gasteiger partial charge in [-0.1, -0.05) is 45.8 Å². The molecule has 29 heavy (non-hydrogen) atoms. The van der Waals surface area contributed by atoms with Crippen molar-refractivity contribution < 1.29 is 39.2 Å². The van der Waals surface area contributed by atoms with Gasteiger partial charge in [0, 0.05) is 23.3 Å². The molecule has 3 rings (SSSR count). The molecule has 162 valence electrons. The predicted molar refractivity (Wildman–Crippen MR) is 111 cm³/mol. The minimum atomic E-state index is -3.14. The van der Waals surface area contributed by atoms with Crippen LogP contribution in [0.2, 0.25) is 0 Å². The highest BCUT2D eigenvalue weighted by atomic mass is 16.5. The molecule has 0 bridgehead atoms. The van der Waals surface area contributed by atoms with Gasteiger partial charge in [-0.2, -0.15) is 0 Å². The molecule has 0 saturated carbocycles. The van der Waals surface area contributed by atoms with E-state index in [1.54, 1.807) is 0 Å². The zero-order valence-electron chi connectivity index (χ0n) is 29.0. The van der Waals surface area contributed by atoms with E-state index in [9.17, 15) is 9.59 Å². The lowest BCUT2D eigenvalue weighted by molar-refractivity contribution is -0.162. The maximum atomic E-state index is 13.3. The summed E-state index contributed by atoms with van der Waals surface area (Å²) in [5.74, 6) is -11.8. The lowest BCUT2D eigenvalue weighted by Gasteiger charge is -2.43. The highest BCUT2D eigenvalue weighted by Gasteiger charge is 2.42. The fourth-order valence-electron chi connectivity index (χ4n) is 4.05. The van der Waals surface area contributed by atoms with Gasteiger partial charge in [0.15, 0.2) is 0 Å². The Balaban J connectivity index is 2.16. The fraction of sp³-hybridized carbons (Fsp3) is 0.750. The van der Waals surface area contributed by atoms with Crippen molar-refractivity contribution in [3.05, 3.63) is 23.7 Å². The molecule has 8 atom stereocenters. The first-order chi connectivity index (χ1) is 18.6. The van der Waals surface area contributed by atoms with Gasteiger partial charge in [0.1, 0.15) is 12.2 Å². The minimum Gasteiger partial charge on any atom is -0.462 e. The Bertz CT molecular complexity index is 1130. The molecule has 5 nitrogen and oxygen atoms in total. The highest BCUT2D eigenvalue weighted by Crippen LogP contribution is 2.45. The van der Waals surface area contributed by atoms with Crippen LogP contribution in [0.25, 0.3) is 0 Å². The number of aliphatic hydroxyl groups excluding tert-OH is 1. The number of carbonyl (C=O) groups is 2. The molecule has 2 aliphatic carbocycles. The summed E-state index contributed by atoms with van der Waals surface area (Å²) in [5.41, 5.74) is -0.260. The Labute approximate surface area is 191 Å². The summed E-state index contributed by atoms with van der Waals surface area (Å²) in [5, 5.41) is 4.56. The van der Waals surface area contributed by atoms with Gasteiger partial charge in [-0.25, -0.2) is 0 Å². The molecule has 0 aromatic heterocycles. The molecule has 1 N–H and O–H groups in total. The Morgan fingerprint density at radius 1 is 1.59 bits per heavy atom. The van der Waals surface area contributed by atoms with Crippen LogP contribution in [-0.2, 0) is 19.1 Å². The van der Waals surface area contributed by atoms with Crippen LogP contribution in [0.4, 0.5) is 0 Å². The van der Waals surface area contributed by atoms with Gasteiger partial charge in [0.2, 0.25) is 1.43 Å². The normalized spacial score (nSPS) is 53.2. The van der Waals surface area contributed by atoms with Gasteiger partial charge in [-0.3, -0.25) is 9.59 Å². The maximum Gasteiger partial charge on any atom is 0.308 e. The number of hydrogen-bond acceptors (Lipinski definition) is 5. The summed E-state index contributed by atoms with van der Waals surface area (Å²) in [6.45, 7) is 0.526. The van der Waals surface area contributed by atoms with E-state index in [0.717, 1.165) is 6.92 Å². The second-order valence-corrected chi connectivity index (χ2v) is 7.78. The Hall–Kier alpha value is -1.62. The molecule has 1 heterocycles. The van der Waals surface area contributed by atoms with Crippen molar-refractivity contribution in [2.24, 2.45) is 29.5 Å². The van der Waals surface area contributed by atoms with Gasteiger partial charge < -0.3 is 14.6 Å². The summed E-state index contributed by atoms with van der Waals surface area (Å²) >= 11 is 0. The Kier molecular flexibility index (Phi) is 3.63. The van der Waals surface area contributed by atoms with E-state index in [4.69, 9.17) is 26.0 Å². The van der Waals surface area contributed by atoms with Crippen molar-refractivity contribution in [3.63, 3.8) is 0 Å². The fourth-order valence-corrected chi connectivity index (χ4v) is 4.05. The Morgan fingerprint density at radius 2 is 2.41 bits per heavy atom. The lowest BCUT2D eigenvalue weighted by atomic mass is 9.65. The molecule has 1 aliphatic heterocycles. The van der Waals surface area contributed by atoms with E-state index in [0.29, 0.717) is 0 Å². The predicted octanol–water partition coefficient (Wildman–Crippen LogP) is 4.20. The van der Waals surface area contributed by atoms with Gasteiger partial charge in [0.25, 0.3) is 0 Å². The van der Waals surface area contributed by atoms with E-state index in [1.807, 2.05) is 0 Å². The molecule has 2 unspecified atom stereocenters. The third kappa shape index (κ3) is 5.30. The van der Waals surface area contributed by atoms with Gasteiger partial charge in [-0.15, -0.1) is 0 Å². The second kappa shape index (κ2) is 9.46. The molecule has 0 amide bonds. The number of fused-ring (bicyclic) bond motifs is 1. The highest BCUT2D eigenvalue weighted by molar-refractivity contribution is 5.72.